The standard InChI is InChI=1S/C13H25N5O2S/c1-5-11-9-16(3)7-6-8-18(11)21(19,20)12-10(2)17(4)15-13(12)14/h11H,5-9H2,1-4H3,(H2,14,15). The van der Waals surface area contributed by atoms with Crippen LogP contribution in [0.2, 0.25) is 0 Å². The summed E-state index contributed by atoms with van der Waals surface area (Å²) in [7, 11) is 0.125. The van der Waals surface area contributed by atoms with Crippen molar-refractivity contribution in [3.8, 4) is 0 Å². The molecule has 0 aromatic carbocycles. The van der Waals surface area contributed by atoms with Crippen LogP contribution in [0.25, 0.3) is 0 Å². The molecule has 2 heterocycles. The van der Waals surface area contributed by atoms with Gasteiger partial charge in [-0.05, 0) is 33.4 Å². The minimum absolute atomic E-state index is 0.0264. The van der Waals surface area contributed by atoms with Crippen molar-refractivity contribution in [1.29, 1.82) is 0 Å². The summed E-state index contributed by atoms with van der Waals surface area (Å²) in [6, 6.07) is -0.0264. The molecule has 8 heteroatoms. The Morgan fingerprint density at radius 2 is 2.00 bits per heavy atom. The van der Waals surface area contributed by atoms with Crippen molar-refractivity contribution >= 4 is 15.8 Å². The van der Waals surface area contributed by atoms with Gasteiger partial charge in [0.15, 0.2) is 5.82 Å². The average Bonchev–Trinajstić information content (AvgIpc) is 2.58. The molecule has 1 fully saturated rings. The van der Waals surface area contributed by atoms with Crippen LogP contribution in [0.1, 0.15) is 25.5 Å². The number of likely N-dealkylation sites (N-methyl/N-ethyl adjacent to an activating group) is 1. The molecule has 1 saturated heterocycles. The van der Waals surface area contributed by atoms with Gasteiger partial charge < -0.3 is 10.6 Å². The fraction of sp³-hybridized carbons (Fsp3) is 0.769. The summed E-state index contributed by atoms with van der Waals surface area (Å²) in [5, 5.41) is 4.04. The van der Waals surface area contributed by atoms with Crippen LogP contribution in [0.5, 0.6) is 0 Å². The fourth-order valence-corrected chi connectivity index (χ4v) is 4.94. The SMILES string of the molecule is CCC1CN(C)CCCN1S(=O)(=O)c1c(N)nn(C)c1C. The normalized spacial score (nSPS) is 22.4. The van der Waals surface area contributed by atoms with Gasteiger partial charge in [0.25, 0.3) is 0 Å². The first kappa shape index (κ1) is 16.3. The zero-order valence-electron chi connectivity index (χ0n) is 13.2. The van der Waals surface area contributed by atoms with Crippen molar-refractivity contribution < 1.29 is 8.42 Å². The third-order valence-corrected chi connectivity index (χ3v) is 6.31. The molecule has 1 aliphatic rings. The van der Waals surface area contributed by atoms with Crippen LogP contribution in [0.4, 0.5) is 5.82 Å². The Labute approximate surface area is 126 Å². The van der Waals surface area contributed by atoms with E-state index in [0.29, 0.717) is 12.2 Å². The maximum Gasteiger partial charge on any atom is 0.248 e. The molecule has 0 radical (unpaired) electrons. The lowest BCUT2D eigenvalue weighted by molar-refractivity contribution is 0.270. The number of sulfonamides is 1. The highest BCUT2D eigenvalue weighted by Crippen LogP contribution is 2.28. The van der Waals surface area contributed by atoms with Gasteiger partial charge in [0.2, 0.25) is 10.0 Å². The van der Waals surface area contributed by atoms with Crippen LogP contribution in [0, 0.1) is 6.92 Å². The summed E-state index contributed by atoms with van der Waals surface area (Å²) in [4.78, 5) is 2.34. The number of rotatable bonds is 3. The van der Waals surface area contributed by atoms with E-state index in [9.17, 15) is 8.42 Å². The highest BCUT2D eigenvalue weighted by Gasteiger charge is 2.36. The van der Waals surface area contributed by atoms with Crippen LogP contribution in [-0.2, 0) is 17.1 Å². The molecule has 0 spiro atoms. The van der Waals surface area contributed by atoms with Gasteiger partial charge >= 0.3 is 0 Å². The first-order chi connectivity index (χ1) is 9.78. The summed E-state index contributed by atoms with van der Waals surface area (Å²) >= 11 is 0. The number of nitrogens with two attached hydrogens (primary N) is 1. The van der Waals surface area contributed by atoms with Crippen LogP contribution in [-0.4, -0.2) is 60.1 Å². The number of nitrogen functional groups attached to an aromatic ring is 1. The first-order valence-electron chi connectivity index (χ1n) is 7.28. The predicted molar refractivity (Wildman–Crippen MR) is 82.4 cm³/mol. The first-order valence-corrected chi connectivity index (χ1v) is 8.72. The summed E-state index contributed by atoms with van der Waals surface area (Å²) in [5.41, 5.74) is 6.42. The average molecular weight is 315 g/mol. The molecule has 0 aliphatic carbocycles. The van der Waals surface area contributed by atoms with Crippen molar-refractivity contribution in [3.63, 3.8) is 0 Å². The van der Waals surface area contributed by atoms with Crippen LogP contribution in [0.15, 0.2) is 4.90 Å². The molecule has 1 aliphatic heterocycles. The molecule has 2 N–H and O–H groups in total. The van der Waals surface area contributed by atoms with Gasteiger partial charge in [-0.15, -0.1) is 0 Å². The third-order valence-electron chi connectivity index (χ3n) is 4.19. The van der Waals surface area contributed by atoms with E-state index in [1.807, 2.05) is 14.0 Å². The van der Waals surface area contributed by atoms with Gasteiger partial charge in [0.1, 0.15) is 4.90 Å². The maximum atomic E-state index is 13.0. The topological polar surface area (TPSA) is 84.5 Å². The molecule has 0 amide bonds. The molecule has 7 nitrogen and oxygen atoms in total. The lowest BCUT2D eigenvalue weighted by Crippen LogP contribution is -2.43. The van der Waals surface area contributed by atoms with Gasteiger partial charge in [-0.2, -0.15) is 9.40 Å². The van der Waals surface area contributed by atoms with E-state index in [-0.39, 0.29) is 16.8 Å². The van der Waals surface area contributed by atoms with E-state index < -0.39 is 10.0 Å². The molecule has 2 rings (SSSR count). The van der Waals surface area contributed by atoms with Crippen LogP contribution >= 0.6 is 0 Å². The second kappa shape index (κ2) is 5.94. The molecule has 1 aromatic heterocycles. The van der Waals surface area contributed by atoms with E-state index in [4.69, 9.17) is 5.73 Å². The van der Waals surface area contributed by atoms with Crippen molar-refractivity contribution in [2.75, 3.05) is 32.4 Å². The zero-order chi connectivity index (χ0) is 15.8. The summed E-state index contributed by atoms with van der Waals surface area (Å²) < 4.78 is 29.2. The molecule has 1 aromatic rings. The zero-order valence-corrected chi connectivity index (χ0v) is 14.0. The highest BCUT2D eigenvalue weighted by molar-refractivity contribution is 7.89. The summed E-state index contributed by atoms with van der Waals surface area (Å²) in [6.07, 6.45) is 1.61. The number of aryl methyl sites for hydroxylation is 1. The van der Waals surface area contributed by atoms with E-state index in [1.54, 1.807) is 18.3 Å². The van der Waals surface area contributed by atoms with E-state index >= 15 is 0 Å². The minimum atomic E-state index is -3.61. The van der Waals surface area contributed by atoms with E-state index in [1.165, 1.54) is 4.68 Å². The van der Waals surface area contributed by atoms with Crippen LogP contribution < -0.4 is 5.73 Å². The lowest BCUT2D eigenvalue weighted by Gasteiger charge is -2.29. The molecule has 1 atom stereocenters. The third kappa shape index (κ3) is 2.93. The summed E-state index contributed by atoms with van der Waals surface area (Å²) in [5.74, 6) is 0.0856. The quantitative estimate of drug-likeness (QED) is 0.873. The smallest absolute Gasteiger partial charge is 0.248 e. The molecule has 0 saturated carbocycles. The largest absolute Gasteiger partial charge is 0.381 e. The Morgan fingerprint density at radius 1 is 1.33 bits per heavy atom. The van der Waals surface area contributed by atoms with Gasteiger partial charge in [0, 0.05) is 26.2 Å². The van der Waals surface area contributed by atoms with Crippen LogP contribution in [0.3, 0.4) is 0 Å². The Balaban J connectivity index is 2.46. The number of hydrogen-bond donors (Lipinski definition) is 1. The highest BCUT2D eigenvalue weighted by atomic mass is 32.2. The Hall–Kier alpha value is -1.12. The Kier molecular flexibility index (Phi) is 4.60. The van der Waals surface area contributed by atoms with Gasteiger partial charge in [-0.1, -0.05) is 6.92 Å². The van der Waals surface area contributed by atoms with Crippen molar-refractivity contribution in [2.24, 2.45) is 7.05 Å². The van der Waals surface area contributed by atoms with Gasteiger partial charge in [0.05, 0.1) is 5.69 Å². The van der Waals surface area contributed by atoms with Crippen molar-refractivity contribution in [1.82, 2.24) is 19.0 Å². The Bertz CT molecular complexity index is 610. The monoisotopic (exact) mass is 315 g/mol. The van der Waals surface area contributed by atoms with E-state index in [2.05, 4.69) is 10.00 Å². The van der Waals surface area contributed by atoms with Crippen molar-refractivity contribution in [2.45, 2.75) is 37.6 Å². The number of hydrogen-bond acceptors (Lipinski definition) is 5. The van der Waals surface area contributed by atoms with E-state index in [0.717, 1.165) is 25.9 Å². The second-order valence-corrected chi connectivity index (χ2v) is 7.54. The molecular formula is C13H25N5O2S. The van der Waals surface area contributed by atoms with Gasteiger partial charge in [-0.25, -0.2) is 8.42 Å². The molecule has 21 heavy (non-hydrogen) atoms. The Morgan fingerprint density at radius 3 is 2.52 bits per heavy atom. The molecule has 120 valence electrons. The number of aromatic nitrogens is 2. The summed E-state index contributed by atoms with van der Waals surface area (Å²) in [6.45, 7) is 5.94. The minimum Gasteiger partial charge on any atom is -0.381 e. The predicted octanol–water partition coefficient (Wildman–Crippen LogP) is 0.416. The van der Waals surface area contributed by atoms with Crippen molar-refractivity contribution in [3.05, 3.63) is 5.69 Å². The maximum absolute atomic E-state index is 13.0. The number of nitrogens with zero attached hydrogens (tertiary/aromatic N) is 4. The molecular weight excluding hydrogens is 290 g/mol. The number of anilines is 1. The fourth-order valence-electron chi connectivity index (χ4n) is 2.92. The molecule has 0 bridgehead atoms. The second-order valence-electron chi connectivity index (χ2n) is 5.72. The molecule has 1 unspecified atom stereocenters. The van der Waals surface area contributed by atoms with Gasteiger partial charge in [-0.3, -0.25) is 4.68 Å². The lowest BCUT2D eigenvalue weighted by atomic mass is 10.2.